The lowest BCUT2D eigenvalue weighted by Crippen LogP contribution is -2.51. The molecule has 7 nitrogen and oxygen atoms in total. The van der Waals surface area contributed by atoms with Crippen molar-refractivity contribution in [3.8, 4) is 11.3 Å². The summed E-state index contributed by atoms with van der Waals surface area (Å²) in [6.07, 6.45) is 2.80. The summed E-state index contributed by atoms with van der Waals surface area (Å²) in [5.74, 6) is 1.39. The molecule has 2 fully saturated rings. The first-order valence-electron chi connectivity index (χ1n) is 12.6. The largest absolute Gasteiger partial charge is 0.444 e. The molecular formula is C28H35N5O2. The van der Waals surface area contributed by atoms with Crippen molar-refractivity contribution >= 4 is 22.8 Å². The predicted octanol–water partition coefficient (Wildman–Crippen LogP) is 4.68. The molecule has 0 unspecified atom stereocenters. The van der Waals surface area contributed by atoms with Crippen LogP contribution in [0.5, 0.6) is 0 Å². The smallest absolute Gasteiger partial charge is 0.410 e. The molecule has 1 atom stereocenters. The number of benzene rings is 2. The van der Waals surface area contributed by atoms with Crippen LogP contribution in [0.3, 0.4) is 0 Å². The quantitative estimate of drug-likeness (QED) is 0.549. The number of fused-ring (bicyclic) bond motifs is 1. The summed E-state index contributed by atoms with van der Waals surface area (Å²) in [5.41, 5.74) is 1.63. The van der Waals surface area contributed by atoms with Crippen molar-refractivity contribution in [3.63, 3.8) is 0 Å². The zero-order valence-electron chi connectivity index (χ0n) is 21.0. The second-order valence-electron chi connectivity index (χ2n) is 10.7. The first-order valence-corrected chi connectivity index (χ1v) is 12.6. The van der Waals surface area contributed by atoms with Crippen molar-refractivity contribution in [3.05, 3.63) is 54.7 Å². The highest BCUT2D eigenvalue weighted by atomic mass is 16.6. The van der Waals surface area contributed by atoms with Crippen molar-refractivity contribution < 1.29 is 9.53 Å². The molecule has 0 aliphatic carbocycles. The minimum absolute atomic E-state index is 0.201. The van der Waals surface area contributed by atoms with Gasteiger partial charge in [0.25, 0.3) is 0 Å². The molecule has 0 radical (unpaired) electrons. The summed E-state index contributed by atoms with van der Waals surface area (Å²) in [7, 11) is 0. The number of rotatable bonds is 4. The molecule has 3 aromatic rings. The third-order valence-corrected chi connectivity index (χ3v) is 6.80. The molecule has 35 heavy (non-hydrogen) atoms. The van der Waals surface area contributed by atoms with E-state index in [1.54, 1.807) is 0 Å². The van der Waals surface area contributed by atoms with Crippen molar-refractivity contribution in [1.29, 1.82) is 0 Å². The second-order valence-corrected chi connectivity index (χ2v) is 10.7. The van der Waals surface area contributed by atoms with Crippen LogP contribution in [0, 0.1) is 5.92 Å². The van der Waals surface area contributed by atoms with Gasteiger partial charge >= 0.3 is 6.09 Å². The highest BCUT2D eigenvalue weighted by Gasteiger charge is 2.30. The number of ether oxygens (including phenoxy) is 1. The maximum Gasteiger partial charge on any atom is 0.410 e. The van der Waals surface area contributed by atoms with E-state index in [-0.39, 0.29) is 6.09 Å². The van der Waals surface area contributed by atoms with Crippen LogP contribution in [0.25, 0.3) is 22.0 Å². The molecule has 5 rings (SSSR count). The van der Waals surface area contributed by atoms with E-state index >= 15 is 0 Å². The van der Waals surface area contributed by atoms with Crippen LogP contribution in [0.4, 0.5) is 10.7 Å². The minimum Gasteiger partial charge on any atom is -0.444 e. The summed E-state index contributed by atoms with van der Waals surface area (Å²) < 4.78 is 5.52. The first kappa shape index (κ1) is 23.5. The van der Waals surface area contributed by atoms with Crippen LogP contribution in [0.1, 0.15) is 27.2 Å². The number of nitrogens with zero attached hydrogens (tertiary/aromatic N) is 5. The van der Waals surface area contributed by atoms with E-state index in [0.717, 1.165) is 69.4 Å². The van der Waals surface area contributed by atoms with Gasteiger partial charge in [0.05, 0.1) is 5.69 Å². The number of piperazine rings is 1. The highest BCUT2D eigenvalue weighted by Crippen LogP contribution is 2.27. The van der Waals surface area contributed by atoms with E-state index in [0.29, 0.717) is 5.92 Å². The van der Waals surface area contributed by atoms with E-state index in [2.05, 4.69) is 57.2 Å². The van der Waals surface area contributed by atoms with E-state index in [4.69, 9.17) is 9.72 Å². The van der Waals surface area contributed by atoms with Crippen LogP contribution in [0.2, 0.25) is 0 Å². The van der Waals surface area contributed by atoms with E-state index in [9.17, 15) is 4.79 Å². The van der Waals surface area contributed by atoms with Crippen molar-refractivity contribution in [1.82, 2.24) is 19.8 Å². The monoisotopic (exact) mass is 473 g/mol. The van der Waals surface area contributed by atoms with Gasteiger partial charge < -0.3 is 14.5 Å². The Hall–Kier alpha value is -3.19. The molecule has 7 heteroatoms. The Morgan fingerprint density at radius 2 is 1.77 bits per heavy atom. The Morgan fingerprint density at radius 1 is 1.00 bits per heavy atom. The molecule has 0 spiro atoms. The Labute approximate surface area is 207 Å². The van der Waals surface area contributed by atoms with Gasteiger partial charge in [0.2, 0.25) is 5.95 Å². The number of carbonyl (C=O) groups excluding carboxylic acids is 1. The van der Waals surface area contributed by atoms with Gasteiger partial charge in [0, 0.05) is 57.6 Å². The normalized spacial score (nSPS) is 19.3. The standard InChI is InChI=1S/C28H35N5O2/c1-28(2,3)35-27(34)32-16-14-31(15-17-32)19-21-11-13-33(20-21)26-29-12-10-25(30-26)24-9-8-22-6-4-5-7-23(22)18-24/h4-10,12,18,21H,11,13-17,19-20H2,1-3H3/t21-/m0/s1. The van der Waals surface area contributed by atoms with E-state index < -0.39 is 5.60 Å². The molecule has 2 aromatic carbocycles. The summed E-state index contributed by atoms with van der Waals surface area (Å²) in [5, 5.41) is 2.46. The number of hydrogen-bond donors (Lipinski definition) is 0. The minimum atomic E-state index is -0.449. The third-order valence-electron chi connectivity index (χ3n) is 6.80. The van der Waals surface area contributed by atoms with Crippen LogP contribution >= 0.6 is 0 Å². The number of aromatic nitrogens is 2. The van der Waals surface area contributed by atoms with Gasteiger partial charge in [0.1, 0.15) is 5.60 Å². The average Bonchev–Trinajstić information content (AvgIpc) is 3.32. The van der Waals surface area contributed by atoms with Gasteiger partial charge in [0.15, 0.2) is 0 Å². The first-order chi connectivity index (χ1) is 16.8. The van der Waals surface area contributed by atoms with Gasteiger partial charge in [-0.25, -0.2) is 14.8 Å². The number of anilines is 1. The molecule has 2 saturated heterocycles. The fourth-order valence-corrected chi connectivity index (χ4v) is 4.98. The van der Waals surface area contributed by atoms with Gasteiger partial charge in [-0.2, -0.15) is 0 Å². The number of carbonyl (C=O) groups is 1. The maximum atomic E-state index is 12.3. The molecule has 0 N–H and O–H groups in total. The lowest BCUT2D eigenvalue weighted by atomic mass is 10.1. The molecule has 184 valence electrons. The van der Waals surface area contributed by atoms with Gasteiger partial charge in [-0.05, 0) is 56.0 Å². The topological polar surface area (TPSA) is 61.8 Å². The van der Waals surface area contributed by atoms with Crippen molar-refractivity contribution in [2.75, 3.05) is 50.7 Å². The molecule has 2 aliphatic rings. The fourth-order valence-electron chi connectivity index (χ4n) is 4.98. The number of hydrogen-bond acceptors (Lipinski definition) is 6. The Kier molecular flexibility index (Phi) is 6.60. The lowest BCUT2D eigenvalue weighted by Gasteiger charge is -2.36. The van der Waals surface area contributed by atoms with Crippen molar-refractivity contribution in [2.45, 2.75) is 32.8 Å². The van der Waals surface area contributed by atoms with Crippen LogP contribution in [0.15, 0.2) is 54.7 Å². The second kappa shape index (κ2) is 9.82. The Bertz CT molecular complexity index is 1180. The summed E-state index contributed by atoms with van der Waals surface area (Å²) in [6, 6.07) is 16.9. The summed E-state index contributed by atoms with van der Waals surface area (Å²) >= 11 is 0. The van der Waals surface area contributed by atoms with Gasteiger partial charge in [-0.1, -0.05) is 36.4 Å². The maximum absolute atomic E-state index is 12.3. The molecular weight excluding hydrogens is 438 g/mol. The van der Waals surface area contributed by atoms with E-state index in [1.807, 2.05) is 37.9 Å². The van der Waals surface area contributed by atoms with Crippen LogP contribution in [-0.2, 0) is 4.74 Å². The molecule has 2 aliphatic heterocycles. The zero-order chi connectivity index (χ0) is 24.4. The van der Waals surface area contributed by atoms with Gasteiger partial charge in [-0.3, -0.25) is 4.90 Å². The third kappa shape index (κ3) is 5.73. The molecule has 0 bridgehead atoms. The fraction of sp³-hybridized carbons (Fsp3) is 0.464. The summed E-state index contributed by atoms with van der Waals surface area (Å²) in [4.78, 5) is 28.4. The molecule has 0 saturated carbocycles. The Morgan fingerprint density at radius 3 is 2.54 bits per heavy atom. The SMILES string of the molecule is CC(C)(C)OC(=O)N1CCN(C[C@@H]2CCN(c3nccc(-c4ccc5ccccc5c4)n3)C2)CC1. The summed E-state index contributed by atoms with van der Waals surface area (Å²) in [6.45, 7) is 12.0. The molecule has 1 amide bonds. The average molecular weight is 474 g/mol. The highest BCUT2D eigenvalue weighted by molar-refractivity contribution is 5.86. The van der Waals surface area contributed by atoms with Crippen LogP contribution in [-0.4, -0.2) is 77.3 Å². The zero-order valence-corrected chi connectivity index (χ0v) is 21.0. The lowest BCUT2D eigenvalue weighted by molar-refractivity contribution is 0.0135. The predicted molar refractivity (Wildman–Crippen MR) is 140 cm³/mol. The Balaban J connectivity index is 1.16. The molecule has 3 heterocycles. The molecule has 1 aromatic heterocycles. The van der Waals surface area contributed by atoms with Crippen molar-refractivity contribution in [2.24, 2.45) is 5.92 Å². The van der Waals surface area contributed by atoms with Crippen LogP contribution < -0.4 is 4.90 Å². The van der Waals surface area contributed by atoms with E-state index in [1.165, 1.54) is 10.8 Å². The number of amides is 1. The van der Waals surface area contributed by atoms with Gasteiger partial charge in [-0.15, -0.1) is 0 Å².